The van der Waals surface area contributed by atoms with Crippen molar-refractivity contribution in [2.45, 2.75) is 26.9 Å². The highest BCUT2D eigenvalue weighted by molar-refractivity contribution is 9.10. The van der Waals surface area contributed by atoms with Gasteiger partial charge in [-0.05, 0) is 42.8 Å². The fourth-order valence-electron chi connectivity index (χ4n) is 1.11. The van der Waals surface area contributed by atoms with Crippen LogP contribution in [0.15, 0.2) is 16.6 Å². The van der Waals surface area contributed by atoms with Crippen LogP contribution in [0.25, 0.3) is 0 Å². The summed E-state index contributed by atoms with van der Waals surface area (Å²) in [6.45, 7) is 7.17. The van der Waals surface area contributed by atoms with Gasteiger partial charge in [0.15, 0.2) is 0 Å². The van der Waals surface area contributed by atoms with Crippen LogP contribution in [-0.4, -0.2) is 24.3 Å². The maximum Gasteiger partial charge on any atom is 0.213 e. The van der Waals surface area contributed by atoms with Crippen molar-refractivity contribution in [2.24, 2.45) is 0 Å². The highest BCUT2D eigenvalue weighted by atomic mass is 79.9. The molecule has 4 heteroatoms. The lowest BCUT2D eigenvalue weighted by Gasteiger charge is -2.14. The molecule has 0 fully saturated rings. The van der Waals surface area contributed by atoms with Crippen molar-refractivity contribution < 1.29 is 9.47 Å². The molecule has 0 saturated heterocycles. The number of hydrogen-bond acceptors (Lipinski definition) is 3. The Morgan fingerprint density at radius 2 is 2.20 bits per heavy atom. The van der Waals surface area contributed by atoms with Gasteiger partial charge >= 0.3 is 0 Å². The molecule has 0 N–H and O–H groups in total. The number of rotatable bonds is 5. The molecule has 3 nitrogen and oxygen atoms in total. The predicted octanol–water partition coefficient (Wildman–Crippen LogP) is 2.96. The summed E-state index contributed by atoms with van der Waals surface area (Å²) in [7, 11) is 0. The van der Waals surface area contributed by atoms with Gasteiger partial charge in [-0.2, -0.15) is 0 Å². The second-order valence-electron chi connectivity index (χ2n) is 3.30. The van der Waals surface area contributed by atoms with Gasteiger partial charge < -0.3 is 9.47 Å². The predicted molar refractivity (Wildman–Crippen MR) is 63.3 cm³/mol. The van der Waals surface area contributed by atoms with Crippen molar-refractivity contribution >= 4 is 15.9 Å². The molecule has 0 aliphatic carbocycles. The van der Waals surface area contributed by atoms with Crippen LogP contribution in [0.2, 0.25) is 0 Å². The molecule has 0 spiro atoms. The summed E-state index contributed by atoms with van der Waals surface area (Å²) in [6.07, 6.45) is 0.0259. The minimum absolute atomic E-state index is 0.0259. The van der Waals surface area contributed by atoms with Crippen molar-refractivity contribution in [3.8, 4) is 5.88 Å². The largest absolute Gasteiger partial charge is 0.472 e. The molecular weight excluding hydrogens is 258 g/mol. The van der Waals surface area contributed by atoms with E-state index in [1.54, 1.807) is 0 Å². The maximum atomic E-state index is 5.60. The zero-order valence-corrected chi connectivity index (χ0v) is 10.9. The molecule has 0 aliphatic heterocycles. The van der Waals surface area contributed by atoms with Gasteiger partial charge in [-0.15, -0.1) is 0 Å². The Bertz CT molecular complexity index is 317. The molecule has 84 valence electrons. The molecule has 0 aromatic carbocycles. The highest BCUT2D eigenvalue weighted by Crippen LogP contribution is 2.18. The van der Waals surface area contributed by atoms with E-state index in [-0.39, 0.29) is 6.10 Å². The first-order valence-corrected chi connectivity index (χ1v) is 5.80. The molecule has 0 radical (unpaired) electrons. The summed E-state index contributed by atoms with van der Waals surface area (Å²) in [5.41, 5.74) is 0.927. The van der Waals surface area contributed by atoms with Crippen LogP contribution in [0, 0.1) is 6.92 Å². The van der Waals surface area contributed by atoms with E-state index < -0.39 is 0 Å². The van der Waals surface area contributed by atoms with E-state index in [1.807, 2.05) is 32.9 Å². The normalized spacial score (nSPS) is 12.5. The minimum atomic E-state index is 0.0259. The van der Waals surface area contributed by atoms with E-state index in [0.717, 1.165) is 10.2 Å². The number of aryl methyl sites for hydroxylation is 1. The van der Waals surface area contributed by atoms with Crippen LogP contribution < -0.4 is 4.74 Å². The summed E-state index contributed by atoms with van der Waals surface area (Å²) < 4.78 is 11.8. The molecule has 1 unspecified atom stereocenters. The van der Waals surface area contributed by atoms with Gasteiger partial charge in [0, 0.05) is 17.1 Å². The number of hydrogen-bond donors (Lipinski definition) is 0. The number of halogens is 1. The van der Waals surface area contributed by atoms with Gasteiger partial charge in [0.1, 0.15) is 6.10 Å². The van der Waals surface area contributed by atoms with E-state index in [0.29, 0.717) is 19.1 Å². The Labute approximate surface area is 98.9 Å². The summed E-state index contributed by atoms with van der Waals surface area (Å²) in [6, 6.07) is 3.78. The third-order valence-corrected chi connectivity index (χ3v) is 2.71. The number of aromatic nitrogens is 1. The smallest absolute Gasteiger partial charge is 0.213 e. The van der Waals surface area contributed by atoms with Gasteiger partial charge in [0.25, 0.3) is 0 Å². The Kier molecular flexibility index (Phi) is 5.05. The molecule has 0 aliphatic rings. The van der Waals surface area contributed by atoms with E-state index in [4.69, 9.17) is 9.47 Å². The van der Waals surface area contributed by atoms with E-state index in [1.165, 1.54) is 0 Å². The molecular formula is C11H16BrNO2. The molecule has 1 aromatic heterocycles. The van der Waals surface area contributed by atoms with Crippen LogP contribution in [0.3, 0.4) is 0 Å². The van der Waals surface area contributed by atoms with Gasteiger partial charge in [-0.25, -0.2) is 4.98 Å². The number of ether oxygens (including phenoxy) is 2. The molecule has 15 heavy (non-hydrogen) atoms. The van der Waals surface area contributed by atoms with Crippen molar-refractivity contribution in [1.29, 1.82) is 0 Å². The lowest BCUT2D eigenvalue weighted by atomic mass is 10.4. The van der Waals surface area contributed by atoms with Crippen molar-refractivity contribution in [3.63, 3.8) is 0 Å². The van der Waals surface area contributed by atoms with Crippen molar-refractivity contribution in [1.82, 2.24) is 4.98 Å². The molecule has 1 heterocycles. The van der Waals surface area contributed by atoms with Crippen LogP contribution >= 0.6 is 15.9 Å². The lowest BCUT2D eigenvalue weighted by molar-refractivity contribution is 0.0633. The van der Waals surface area contributed by atoms with Gasteiger partial charge in [0.05, 0.1) is 12.3 Å². The standard InChI is InChI=1S/C11H16BrNO2/c1-4-14-7-8(2)15-11-6-5-10(12)9(3)13-11/h5-6,8H,4,7H2,1-3H3. The van der Waals surface area contributed by atoms with E-state index in [9.17, 15) is 0 Å². The third kappa shape index (κ3) is 4.18. The average Bonchev–Trinajstić information content (AvgIpc) is 2.20. The Morgan fingerprint density at radius 1 is 1.47 bits per heavy atom. The Hall–Kier alpha value is -0.610. The zero-order chi connectivity index (χ0) is 11.3. The van der Waals surface area contributed by atoms with Crippen LogP contribution in [0.4, 0.5) is 0 Å². The molecule has 1 atom stereocenters. The fourth-order valence-corrected chi connectivity index (χ4v) is 1.33. The SMILES string of the molecule is CCOCC(C)Oc1ccc(Br)c(C)n1. The van der Waals surface area contributed by atoms with Gasteiger partial charge in [-0.1, -0.05) is 0 Å². The Morgan fingerprint density at radius 3 is 2.80 bits per heavy atom. The quantitative estimate of drug-likeness (QED) is 0.827. The van der Waals surface area contributed by atoms with Crippen molar-refractivity contribution in [2.75, 3.05) is 13.2 Å². The summed E-state index contributed by atoms with van der Waals surface area (Å²) in [5, 5.41) is 0. The van der Waals surface area contributed by atoms with Crippen LogP contribution in [0.1, 0.15) is 19.5 Å². The lowest BCUT2D eigenvalue weighted by Crippen LogP contribution is -2.19. The van der Waals surface area contributed by atoms with Crippen LogP contribution in [0.5, 0.6) is 5.88 Å². The molecule has 0 amide bonds. The third-order valence-electron chi connectivity index (χ3n) is 1.87. The monoisotopic (exact) mass is 273 g/mol. The van der Waals surface area contributed by atoms with Gasteiger partial charge in [0.2, 0.25) is 5.88 Å². The van der Waals surface area contributed by atoms with E-state index >= 15 is 0 Å². The highest BCUT2D eigenvalue weighted by Gasteiger charge is 2.05. The topological polar surface area (TPSA) is 31.4 Å². The summed E-state index contributed by atoms with van der Waals surface area (Å²) >= 11 is 3.39. The number of nitrogens with zero attached hydrogens (tertiary/aromatic N) is 1. The molecule has 0 saturated carbocycles. The fraction of sp³-hybridized carbons (Fsp3) is 0.545. The number of pyridine rings is 1. The second-order valence-corrected chi connectivity index (χ2v) is 4.16. The zero-order valence-electron chi connectivity index (χ0n) is 9.29. The minimum Gasteiger partial charge on any atom is -0.472 e. The summed E-state index contributed by atoms with van der Waals surface area (Å²) in [5.74, 6) is 0.642. The average molecular weight is 274 g/mol. The molecule has 1 aromatic rings. The van der Waals surface area contributed by atoms with Crippen LogP contribution in [-0.2, 0) is 4.74 Å². The second kappa shape index (κ2) is 6.08. The summed E-state index contributed by atoms with van der Waals surface area (Å²) in [4.78, 5) is 4.30. The molecule has 0 bridgehead atoms. The van der Waals surface area contributed by atoms with E-state index in [2.05, 4.69) is 20.9 Å². The molecule has 1 rings (SSSR count). The van der Waals surface area contributed by atoms with Gasteiger partial charge in [-0.3, -0.25) is 0 Å². The maximum absolute atomic E-state index is 5.60. The Balaban J connectivity index is 2.53. The first-order valence-electron chi connectivity index (χ1n) is 5.01. The first-order chi connectivity index (χ1) is 7.13. The van der Waals surface area contributed by atoms with Crippen molar-refractivity contribution in [3.05, 3.63) is 22.3 Å². The first kappa shape index (κ1) is 12.5.